The number of alkyl halides is 3. The predicted octanol–water partition coefficient (Wildman–Crippen LogP) is 4.82. The Balaban J connectivity index is 1.79. The highest BCUT2D eigenvalue weighted by atomic mass is 19.4. The second-order valence-corrected chi connectivity index (χ2v) is 7.57. The molecule has 35 heavy (non-hydrogen) atoms. The van der Waals surface area contributed by atoms with Crippen LogP contribution in [-0.2, 0) is 11.0 Å². The summed E-state index contributed by atoms with van der Waals surface area (Å²) in [5.41, 5.74) is -0.717. The van der Waals surface area contributed by atoms with Crippen molar-refractivity contribution >= 4 is 17.4 Å². The summed E-state index contributed by atoms with van der Waals surface area (Å²) in [6, 6.07) is 15.5. The van der Waals surface area contributed by atoms with Crippen LogP contribution in [0.1, 0.15) is 35.2 Å². The predicted molar refractivity (Wildman–Crippen MR) is 126 cm³/mol. The molecule has 0 unspecified atom stereocenters. The molecule has 1 aromatic heterocycles. The van der Waals surface area contributed by atoms with Gasteiger partial charge in [0.25, 0.3) is 5.91 Å². The molecule has 0 bridgehead atoms. The molecule has 1 amide bonds. The van der Waals surface area contributed by atoms with E-state index in [-0.39, 0.29) is 17.6 Å². The second-order valence-electron chi connectivity index (χ2n) is 7.57. The fourth-order valence-electron chi connectivity index (χ4n) is 3.40. The number of methoxy groups -OCH3 is 1. The molecular formula is C25H25F3N4O3. The summed E-state index contributed by atoms with van der Waals surface area (Å²) in [4.78, 5) is 16.4. The number of nitrogens with one attached hydrogen (secondary N) is 3. The van der Waals surface area contributed by atoms with E-state index in [9.17, 15) is 18.0 Å². The van der Waals surface area contributed by atoms with Gasteiger partial charge in [0.15, 0.2) is 6.61 Å². The first-order valence-corrected chi connectivity index (χ1v) is 10.6. The third-order valence-corrected chi connectivity index (χ3v) is 5.20. The number of aromatic nitrogens is 1. The quantitative estimate of drug-likeness (QED) is 0.377. The van der Waals surface area contributed by atoms with Crippen molar-refractivity contribution in [3.63, 3.8) is 0 Å². The summed E-state index contributed by atoms with van der Waals surface area (Å²) in [5, 5.41) is 13.7. The number of carbonyl (C=O) groups is 1. The lowest BCUT2D eigenvalue weighted by atomic mass is 9.98. The molecule has 0 aliphatic heterocycles. The molecule has 3 rings (SSSR count). The highest BCUT2D eigenvalue weighted by Crippen LogP contribution is 2.37. The summed E-state index contributed by atoms with van der Waals surface area (Å²) >= 11 is 0. The second kappa shape index (κ2) is 10.9. The zero-order chi connectivity index (χ0) is 25.6. The lowest BCUT2D eigenvalue weighted by Gasteiger charge is -2.19. The van der Waals surface area contributed by atoms with E-state index >= 15 is 0 Å². The average Bonchev–Trinajstić information content (AvgIpc) is 2.86. The zero-order valence-electron chi connectivity index (χ0n) is 19.4. The number of halogens is 3. The molecule has 0 saturated carbocycles. The van der Waals surface area contributed by atoms with Gasteiger partial charge in [-0.05, 0) is 24.6 Å². The number of amides is 1. The maximum Gasteiger partial charge on any atom is 0.417 e. The van der Waals surface area contributed by atoms with Crippen LogP contribution >= 0.6 is 0 Å². The van der Waals surface area contributed by atoms with Crippen molar-refractivity contribution in [1.29, 1.82) is 5.41 Å². The Morgan fingerprint density at radius 1 is 1.11 bits per heavy atom. The Labute approximate surface area is 200 Å². The molecule has 1 atom stereocenters. The minimum Gasteiger partial charge on any atom is -0.497 e. The van der Waals surface area contributed by atoms with Gasteiger partial charge < -0.3 is 20.1 Å². The fraction of sp³-hybridized carbons (Fsp3) is 0.240. The van der Waals surface area contributed by atoms with Crippen molar-refractivity contribution in [1.82, 2.24) is 10.3 Å². The van der Waals surface area contributed by atoms with Crippen LogP contribution in [0.2, 0.25) is 0 Å². The van der Waals surface area contributed by atoms with Crippen LogP contribution < -0.4 is 20.1 Å². The van der Waals surface area contributed by atoms with Crippen LogP contribution in [0.3, 0.4) is 0 Å². The number of pyridine rings is 1. The Hall–Kier alpha value is -4.08. The number of ether oxygens (including phenoxy) is 2. The average molecular weight is 486 g/mol. The minimum absolute atomic E-state index is 0.185. The van der Waals surface area contributed by atoms with E-state index in [1.165, 1.54) is 7.05 Å². The number of hydrogen-bond donors (Lipinski definition) is 3. The molecule has 10 heteroatoms. The number of hydrogen-bond acceptors (Lipinski definition) is 6. The van der Waals surface area contributed by atoms with Gasteiger partial charge in [-0.2, -0.15) is 18.2 Å². The highest BCUT2D eigenvalue weighted by Gasteiger charge is 2.37. The van der Waals surface area contributed by atoms with Gasteiger partial charge in [-0.15, -0.1) is 0 Å². The van der Waals surface area contributed by atoms with Crippen LogP contribution in [0.15, 0.2) is 60.7 Å². The van der Waals surface area contributed by atoms with Gasteiger partial charge in [-0.3, -0.25) is 10.2 Å². The molecule has 0 aliphatic carbocycles. The Morgan fingerprint density at radius 2 is 1.77 bits per heavy atom. The molecule has 0 spiro atoms. The van der Waals surface area contributed by atoms with Gasteiger partial charge in [-0.1, -0.05) is 42.5 Å². The Kier molecular flexibility index (Phi) is 7.95. The van der Waals surface area contributed by atoms with Crippen LogP contribution in [-0.4, -0.2) is 37.4 Å². The molecule has 1 heterocycles. The van der Waals surface area contributed by atoms with Gasteiger partial charge in [0.1, 0.15) is 11.6 Å². The van der Waals surface area contributed by atoms with Gasteiger partial charge in [0, 0.05) is 18.7 Å². The molecule has 0 aliphatic rings. The topological polar surface area (TPSA) is 96.3 Å². The molecule has 0 saturated heterocycles. The summed E-state index contributed by atoms with van der Waals surface area (Å²) in [6.07, 6.45) is -4.78. The summed E-state index contributed by atoms with van der Waals surface area (Å²) < 4.78 is 52.2. The monoisotopic (exact) mass is 486 g/mol. The number of anilines is 1. The largest absolute Gasteiger partial charge is 0.497 e. The zero-order valence-corrected chi connectivity index (χ0v) is 19.4. The molecule has 0 fully saturated rings. The van der Waals surface area contributed by atoms with Crippen LogP contribution in [0, 0.1) is 5.41 Å². The molecular weight excluding hydrogens is 461 g/mol. The van der Waals surface area contributed by atoms with Gasteiger partial charge in [0.05, 0.1) is 30.0 Å². The van der Waals surface area contributed by atoms with Crippen molar-refractivity contribution in [3.05, 3.63) is 82.9 Å². The lowest BCUT2D eigenvalue weighted by Crippen LogP contribution is -2.31. The Bertz CT molecular complexity index is 1180. The van der Waals surface area contributed by atoms with Crippen LogP contribution in [0.25, 0.3) is 0 Å². The third kappa shape index (κ3) is 6.28. The summed E-state index contributed by atoms with van der Waals surface area (Å²) in [6.45, 7) is 1.23. The van der Waals surface area contributed by atoms with Crippen LogP contribution in [0.5, 0.6) is 11.6 Å². The lowest BCUT2D eigenvalue weighted by molar-refractivity contribution is -0.137. The fourth-order valence-corrected chi connectivity index (χ4v) is 3.40. The molecule has 2 aromatic carbocycles. The molecule has 3 aromatic rings. The summed E-state index contributed by atoms with van der Waals surface area (Å²) in [5.74, 6) is -0.434. The summed E-state index contributed by atoms with van der Waals surface area (Å²) in [7, 11) is 2.95. The van der Waals surface area contributed by atoms with E-state index in [0.717, 1.165) is 5.56 Å². The maximum absolute atomic E-state index is 13.9. The third-order valence-electron chi connectivity index (χ3n) is 5.20. The van der Waals surface area contributed by atoms with Crippen molar-refractivity contribution in [3.8, 4) is 11.6 Å². The van der Waals surface area contributed by atoms with E-state index in [2.05, 4.69) is 15.6 Å². The molecule has 0 radical (unpaired) electrons. The van der Waals surface area contributed by atoms with E-state index in [1.807, 2.05) is 0 Å². The van der Waals surface area contributed by atoms with E-state index < -0.39 is 35.7 Å². The van der Waals surface area contributed by atoms with E-state index in [0.29, 0.717) is 17.4 Å². The molecule has 7 nitrogen and oxygen atoms in total. The molecule has 184 valence electrons. The van der Waals surface area contributed by atoms with Crippen LogP contribution in [0.4, 0.5) is 19.0 Å². The SMILES string of the molecule is CNc1nc(OCC(=O)N[C@H](C)c2ccc(OC)cc2)cc(C(F)(F)F)c1C(=N)c1ccccc1. The first-order chi connectivity index (χ1) is 16.6. The van der Waals surface area contributed by atoms with Gasteiger partial charge >= 0.3 is 6.18 Å². The first kappa shape index (κ1) is 25.5. The normalized spacial score (nSPS) is 11.9. The van der Waals surface area contributed by atoms with Crippen molar-refractivity contribution in [2.45, 2.75) is 19.1 Å². The first-order valence-electron chi connectivity index (χ1n) is 10.6. The highest BCUT2D eigenvalue weighted by molar-refractivity contribution is 6.14. The Morgan fingerprint density at radius 3 is 2.34 bits per heavy atom. The number of nitrogens with zero attached hydrogens (tertiary/aromatic N) is 1. The van der Waals surface area contributed by atoms with E-state index in [4.69, 9.17) is 14.9 Å². The smallest absolute Gasteiger partial charge is 0.417 e. The van der Waals surface area contributed by atoms with Crippen molar-refractivity contribution in [2.75, 3.05) is 26.1 Å². The van der Waals surface area contributed by atoms with Crippen molar-refractivity contribution < 1.29 is 27.4 Å². The van der Waals surface area contributed by atoms with E-state index in [1.54, 1.807) is 68.6 Å². The number of rotatable bonds is 9. The minimum atomic E-state index is -4.78. The van der Waals surface area contributed by atoms with Gasteiger partial charge in [-0.25, -0.2) is 0 Å². The number of benzene rings is 2. The van der Waals surface area contributed by atoms with Gasteiger partial charge in [0.2, 0.25) is 5.88 Å². The number of carbonyl (C=O) groups excluding carboxylic acids is 1. The molecule has 3 N–H and O–H groups in total. The maximum atomic E-state index is 13.9. The van der Waals surface area contributed by atoms with Crippen molar-refractivity contribution in [2.24, 2.45) is 0 Å². The standard InChI is InChI=1S/C25H25F3N4O3/c1-15(16-9-11-18(34-3)12-10-16)31-20(33)14-35-21-13-19(25(26,27)28)22(24(30-2)32-21)23(29)17-7-5-4-6-8-17/h4-13,15,29H,14H2,1-3H3,(H,30,32)(H,31,33)/t15-/m1/s1.